The molecule has 2 aromatic carbocycles. The van der Waals surface area contributed by atoms with Crippen LogP contribution in [0.1, 0.15) is 11.5 Å². The number of aromatic amines is 1. The summed E-state index contributed by atoms with van der Waals surface area (Å²) in [6.45, 7) is 0. The summed E-state index contributed by atoms with van der Waals surface area (Å²) in [5.74, 6) is 0.590. The van der Waals surface area contributed by atoms with E-state index < -0.39 is 0 Å². The molecular formula is C19H15FN4. The zero-order valence-corrected chi connectivity index (χ0v) is 12.9. The highest BCUT2D eigenvalue weighted by molar-refractivity contribution is 5.73. The summed E-state index contributed by atoms with van der Waals surface area (Å²) in [7, 11) is 0. The summed E-state index contributed by atoms with van der Waals surface area (Å²) in [6.07, 6.45) is 5.07. The van der Waals surface area contributed by atoms with Crippen LogP contribution in [-0.4, -0.2) is 19.9 Å². The summed E-state index contributed by atoms with van der Waals surface area (Å²) in [5, 5.41) is 0. The molecule has 118 valence electrons. The average Bonchev–Trinajstić information content (AvgIpc) is 3.09. The van der Waals surface area contributed by atoms with Crippen molar-refractivity contribution in [2.45, 2.75) is 12.8 Å². The number of nitrogens with zero attached hydrogens (tertiary/aromatic N) is 3. The Hall–Kier alpha value is -3.08. The van der Waals surface area contributed by atoms with Crippen molar-refractivity contribution in [3.63, 3.8) is 0 Å². The Balaban J connectivity index is 1.49. The number of rotatable bonds is 4. The van der Waals surface area contributed by atoms with Crippen LogP contribution in [0, 0.1) is 5.82 Å². The lowest BCUT2D eigenvalue weighted by molar-refractivity contribution is 0.628. The number of halogens is 1. The van der Waals surface area contributed by atoms with Gasteiger partial charge in [-0.1, -0.05) is 24.3 Å². The van der Waals surface area contributed by atoms with Crippen LogP contribution in [0.2, 0.25) is 0 Å². The minimum atomic E-state index is -0.261. The molecule has 4 nitrogen and oxygen atoms in total. The third-order valence-electron chi connectivity index (χ3n) is 3.87. The quantitative estimate of drug-likeness (QED) is 0.620. The standard InChI is InChI=1S/C19H15FN4/c20-14-5-3-4-13(10-14)18-12-22-19(24-18)9-8-15-11-21-16-6-1-2-7-17(16)23-15/h1-7,10-12H,8-9H2,(H,22,24). The van der Waals surface area contributed by atoms with Gasteiger partial charge in [0.1, 0.15) is 11.6 Å². The van der Waals surface area contributed by atoms with Gasteiger partial charge in [-0.05, 0) is 30.7 Å². The molecular weight excluding hydrogens is 303 g/mol. The molecule has 0 spiro atoms. The van der Waals surface area contributed by atoms with Gasteiger partial charge in [0.15, 0.2) is 0 Å². The Morgan fingerprint density at radius 1 is 0.917 bits per heavy atom. The van der Waals surface area contributed by atoms with Gasteiger partial charge in [0, 0.05) is 24.4 Å². The van der Waals surface area contributed by atoms with E-state index in [-0.39, 0.29) is 5.82 Å². The number of nitrogens with one attached hydrogen (secondary N) is 1. The maximum absolute atomic E-state index is 13.3. The van der Waals surface area contributed by atoms with E-state index in [0.717, 1.165) is 46.7 Å². The Bertz CT molecular complexity index is 993. The van der Waals surface area contributed by atoms with Crippen molar-refractivity contribution < 1.29 is 4.39 Å². The van der Waals surface area contributed by atoms with Crippen molar-refractivity contribution in [1.29, 1.82) is 0 Å². The number of H-pyrrole nitrogens is 1. The molecule has 2 aromatic heterocycles. The molecule has 0 saturated heterocycles. The van der Waals surface area contributed by atoms with Crippen LogP contribution < -0.4 is 0 Å². The van der Waals surface area contributed by atoms with Crippen molar-refractivity contribution in [1.82, 2.24) is 19.9 Å². The molecule has 4 aromatic rings. The molecule has 0 amide bonds. The van der Waals surface area contributed by atoms with E-state index in [9.17, 15) is 4.39 Å². The van der Waals surface area contributed by atoms with E-state index in [2.05, 4.69) is 19.9 Å². The molecule has 0 fully saturated rings. The first-order valence-corrected chi connectivity index (χ1v) is 7.79. The number of hydrogen-bond donors (Lipinski definition) is 1. The molecule has 0 unspecified atom stereocenters. The van der Waals surface area contributed by atoms with E-state index in [0.29, 0.717) is 0 Å². The Morgan fingerprint density at radius 3 is 2.67 bits per heavy atom. The summed E-state index contributed by atoms with van der Waals surface area (Å²) in [6, 6.07) is 14.3. The van der Waals surface area contributed by atoms with Gasteiger partial charge >= 0.3 is 0 Å². The van der Waals surface area contributed by atoms with Gasteiger partial charge in [0.25, 0.3) is 0 Å². The molecule has 0 aliphatic rings. The Kier molecular flexibility index (Phi) is 3.75. The van der Waals surface area contributed by atoms with Gasteiger partial charge < -0.3 is 4.98 Å². The smallest absolute Gasteiger partial charge is 0.123 e. The van der Waals surface area contributed by atoms with Gasteiger partial charge in [-0.15, -0.1) is 0 Å². The number of fused-ring (bicyclic) bond motifs is 1. The van der Waals surface area contributed by atoms with E-state index in [4.69, 9.17) is 0 Å². The van der Waals surface area contributed by atoms with Crippen LogP contribution in [0.3, 0.4) is 0 Å². The average molecular weight is 318 g/mol. The Labute approximate surface area is 138 Å². The van der Waals surface area contributed by atoms with Crippen LogP contribution in [-0.2, 0) is 12.8 Å². The lowest BCUT2D eigenvalue weighted by Crippen LogP contribution is -1.98. The van der Waals surface area contributed by atoms with Gasteiger partial charge in [-0.25, -0.2) is 14.4 Å². The summed E-state index contributed by atoms with van der Waals surface area (Å²) < 4.78 is 13.3. The predicted octanol–water partition coefficient (Wildman–Crippen LogP) is 3.94. The van der Waals surface area contributed by atoms with E-state index >= 15 is 0 Å². The molecule has 5 heteroatoms. The van der Waals surface area contributed by atoms with Gasteiger partial charge in [0.2, 0.25) is 0 Å². The highest BCUT2D eigenvalue weighted by Gasteiger charge is 2.06. The first kappa shape index (κ1) is 14.5. The summed E-state index contributed by atoms with van der Waals surface area (Å²) in [4.78, 5) is 16.7. The molecule has 0 saturated carbocycles. The highest BCUT2D eigenvalue weighted by Crippen LogP contribution is 2.18. The van der Waals surface area contributed by atoms with Gasteiger partial charge in [0.05, 0.1) is 22.4 Å². The third kappa shape index (κ3) is 3.01. The molecule has 24 heavy (non-hydrogen) atoms. The largest absolute Gasteiger partial charge is 0.348 e. The minimum Gasteiger partial charge on any atom is -0.348 e. The maximum atomic E-state index is 13.3. The summed E-state index contributed by atoms with van der Waals surface area (Å²) in [5.41, 5.74) is 4.23. The van der Waals surface area contributed by atoms with Gasteiger partial charge in [-0.2, -0.15) is 0 Å². The van der Waals surface area contributed by atoms with Crippen molar-refractivity contribution >= 4 is 11.0 Å². The second kappa shape index (κ2) is 6.20. The van der Waals surface area contributed by atoms with Crippen molar-refractivity contribution in [3.8, 4) is 11.3 Å². The minimum absolute atomic E-state index is 0.261. The second-order valence-electron chi connectivity index (χ2n) is 5.59. The molecule has 0 atom stereocenters. The van der Waals surface area contributed by atoms with Gasteiger partial charge in [-0.3, -0.25) is 4.98 Å². The highest BCUT2D eigenvalue weighted by atomic mass is 19.1. The number of aromatic nitrogens is 4. The van der Waals surface area contributed by atoms with Crippen molar-refractivity contribution in [2.24, 2.45) is 0 Å². The summed E-state index contributed by atoms with van der Waals surface area (Å²) >= 11 is 0. The predicted molar refractivity (Wildman–Crippen MR) is 90.9 cm³/mol. The number of imidazole rings is 1. The number of hydrogen-bond acceptors (Lipinski definition) is 3. The number of aryl methyl sites for hydroxylation is 2. The van der Waals surface area contributed by atoms with E-state index in [1.807, 2.05) is 30.3 Å². The lowest BCUT2D eigenvalue weighted by Gasteiger charge is -2.01. The van der Waals surface area contributed by atoms with Crippen LogP contribution in [0.4, 0.5) is 4.39 Å². The first-order chi connectivity index (χ1) is 11.8. The van der Waals surface area contributed by atoms with Crippen LogP contribution in [0.15, 0.2) is 60.9 Å². The molecule has 4 rings (SSSR count). The third-order valence-corrected chi connectivity index (χ3v) is 3.87. The van der Waals surface area contributed by atoms with E-state index in [1.165, 1.54) is 12.1 Å². The fraction of sp³-hybridized carbons (Fsp3) is 0.105. The van der Waals surface area contributed by atoms with Crippen LogP contribution in [0.25, 0.3) is 22.3 Å². The molecule has 0 aliphatic heterocycles. The van der Waals surface area contributed by atoms with Crippen LogP contribution >= 0.6 is 0 Å². The topological polar surface area (TPSA) is 54.5 Å². The first-order valence-electron chi connectivity index (χ1n) is 7.79. The van der Waals surface area contributed by atoms with Crippen molar-refractivity contribution in [2.75, 3.05) is 0 Å². The SMILES string of the molecule is Fc1cccc(-c2c[nH]c(CCc3cnc4ccccc4n3)n2)c1. The molecule has 2 heterocycles. The number of benzene rings is 2. The lowest BCUT2D eigenvalue weighted by atomic mass is 10.2. The molecule has 0 radical (unpaired) electrons. The second-order valence-corrected chi connectivity index (χ2v) is 5.59. The van der Waals surface area contributed by atoms with Crippen molar-refractivity contribution in [3.05, 3.63) is 78.3 Å². The molecule has 0 aliphatic carbocycles. The Morgan fingerprint density at radius 2 is 1.79 bits per heavy atom. The molecule has 0 bridgehead atoms. The zero-order valence-electron chi connectivity index (χ0n) is 12.9. The van der Waals surface area contributed by atoms with Crippen LogP contribution in [0.5, 0.6) is 0 Å². The van der Waals surface area contributed by atoms with E-state index in [1.54, 1.807) is 18.5 Å². The fourth-order valence-electron chi connectivity index (χ4n) is 2.65. The zero-order chi connectivity index (χ0) is 16.4. The number of para-hydroxylation sites is 2. The molecule has 1 N–H and O–H groups in total. The normalized spacial score (nSPS) is 11.0. The fourth-order valence-corrected chi connectivity index (χ4v) is 2.65. The maximum Gasteiger partial charge on any atom is 0.123 e. The monoisotopic (exact) mass is 318 g/mol.